The average molecular weight is 357 g/mol. The number of benzene rings is 1. The first-order chi connectivity index (χ1) is 10.6. The van der Waals surface area contributed by atoms with Crippen LogP contribution in [0.4, 0.5) is 0 Å². The number of hydrogen-bond donors (Lipinski definition) is 0. The first kappa shape index (κ1) is 14.6. The molecule has 22 heavy (non-hydrogen) atoms. The summed E-state index contributed by atoms with van der Waals surface area (Å²) in [7, 11) is 0. The number of ketones is 1. The lowest BCUT2D eigenvalue weighted by atomic mass is 10.2. The van der Waals surface area contributed by atoms with Gasteiger partial charge in [0.05, 0.1) is 0 Å². The van der Waals surface area contributed by atoms with Crippen molar-refractivity contribution < 1.29 is 13.6 Å². The Hall–Kier alpha value is -2.33. The van der Waals surface area contributed by atoms with Crippen LogP contribution in [0, 0.1) is 6.92 Å². The molecule has 4 heteroatoms. The summed E-state index contributed by atoms with van der Waals surface area (Å²) in [6, 6.07) is 15.0. The van der Waals surface area contributed by atoms with Crippen LogP contribution in [0.2, 0.25) is 0 Å². The Kier molecular flexibility index (Phi) is 4.11. The number of carbonyl (C=O) groups is 1. The Balaban J connectivity index is 1.75. The molecule has 0 unspecified atom stereocenters. The zero-order chi connectivity index (χ0) is 15.5. The highest BCUT2D eigenvalue weighted by Gasteiger charge is 2.07. The molecule has 0 atom stereocenters. The highest BCUT2D eigenvalue weighted by atomic mass is 79.9. The summed E-state index contributed by atoms with van der Waals surface area (Å²) in [5, 5.41) is 0. The van der Waals surface area contributed by atoms with Crippen LogP contribution in [-0.4, -0.2) is 5.78 Å². The van der Waals surface area contributed by atoms with Crippen LogP contribution >= 0.6 is 15.9 Å². The van der Waals surface area contributed by atoms with Gasteiger partial charge in [0, 0.05) is 10.0 Å². The zero-order valence-electron chi connectivity index (χ0n) is 11.9. The minimum absolute atomic E-state index is 0.185. The van der Waals surface area contributed by atoms with Crippen LogP contribution in [0.1, 0.15) is 22.1 Å². The lowest BCUT2D eigenvalue weighted by molar-refractivity contribution is 0.102. The zero-order valence-corrected chi connectivity index (χ0v) is 13.5. The average Bonchev–Trinajstić information content (AvgIpc) is 3.15. The van der Waals surface area contributed by atoms with Gasteiger partial charge in [0.15, 0.2) is 5.76 Å². The molecule has 0 fully saturated rings. The molecule has 0 aliphatic heterocycles. The maximum atomic E-state index is 11.9. The van der Waals surface area contributed by atoms with E-state index in [-0.39, 0.29) is 5.78 Å². The van der Waals surface area contributed by atoms with Crippen molar-refractivity contribution in [2.45, 2.75) is 6.92 Å². The largest absolute Gasteiger partial charge is 0.458 e. The molecule has 3 nitrogen and oxygen atoms in total. The second-order valence-corrected chi connectivity index (χ2v) is 5.73. The molecule has 3 rings (SSSR count). The molecule has 3 aromatic rings. The van der Waals surface area contributed by atoms with Crippen molar-refractivity contribution in [1.29, 1.82) is 0 Å². The third kappa shape index (κ3) is 3.28. The molecule has 2 heterocycles. The predicted octanol–water partition coefficient (Wildman–Crippen LogP) is 5.51. The topological polar surface area (TPSA) is 43.4 Å². The molecule has 0 saturated heterocycles. The second kappa shape index (κ2) is 6.20. The molecule has 2 aromatic heterocycles. The van der Waals surface area contributed by atoms with E-state index in [1.54, 1.807) is 25.1 Å². The van der Waals surface area contributed by atoms with E-state index >= 15 is 0 Å². The number of furan rings is 2. The monoisotopic (exact) mass is 356 g/mol. The molecule has 0 radical (unpaired) electrons. The first-order valence-electron chi connectivity index (χ1n) is 6.76. The van der Waals surface area contributed by atoms with E-state index in [0.717, 1.165) is 15.8 Å². The summed E-state index contributed by atoms with van der Waals surface area (Å²) in [6.45, 7) is 1.80. The van der Waals surface area contributed by atoms with Gasteiger partial charge in [0.2, 0.25) is 5.78 Å². The van der Waals surface area contributed by atoms with E-state index in [2.05, 4.69) is 15.9 Å². The van der Waals surface area contributed by atoms with Crippen molar-refractivity contribution in [3.63, 3.8) is 0 Å². The van der Waals surface area contributed by atoms with Gasteiger partial charge in [-0.3, -0.25) is 4.79 Å². The van der Waals surface area contributed by atoms with Crippen LogP contribution in [0.15, 0.2) is 67.9 Å². The standard InChI is InChI=1S/C18H13BrO3/c1-12-2-10-18(21-12)16(20)9-7-15-8-11-17(22-15)13-3-5-14(19)6-4-13/h2-11H,1H3/b9-7+. The van der Waals surface area contributed by atoms with Crippen LogP contribution in [0.3, 0.4) is 0 Å². The smallest absolute Gasteiger partial charge is 0.221 e. The summed E-state index contributed by atoms with van der Waals surface area (Å²) in [5.41, 5.74) is 0.982. The molecule has 0 spiro atoms. The minimum atomic E-state index is -0.185. The lowest BCUT2D eigenvalue weighted by Crippen LogP contribution is -1.90. The van der Waals surface area contributed by atoms with Crippen LogP contribution < -0.4 is 0 Å². The van der Waals surface area contributed by atoms with E-state index in [1.807, 2.05) is 36.4 Å². The van der Waals surface area contributed by atoms with Gasteiger partial charge in [-0.1, -0.05) is 28.1 Å². The minimum Gasteiger partial charge on any atom is -0.458 e. The molecule has 110 valence electrons. The van der Waals surface area contributed by atoms with E-state index in [9.17, 15) is 4.79 Å². The van der Waals surface area contributed by atoms with E-state index in [0.29, 0.717) is 17.3 Å². The Morgan fingerprint density at radius 3 is 2.45 bits per heavy atom. The molecule has 0 aliphatic carbocycles. The third-order valence-corrected chi connectivity index (χ3v) is 3.67. The highest BCUT2D eigenvalue weighted by molar-refractivity contribution is 9.10. The van der Waals surface area contributed by atoms with Gasteiger partial charge in [-0.05, 0) is 55.5 Å². The van der Waals surface area contributed by atoms with Gasteiger partial charge in [-0.2, -0.15) is 0 Å². The van der Waals surface area contributed by atoms with E-state index < -0.39 is 0 Å². The number of aryl methyl sites for hydroxylation is 1. The van der Waals surface area contributed by atoms with Gasteiger partial charge in [0.1, 0.15) is 17.3 Å². The maximum Gasteiger partial charge on any atom is 0.221 e. The molecule has 0 saturated carbocycles. The number of halogens is 1. The van der Waals surface area contributed by atoms with Gasteiger partial charge in [0.25, 0.3) is 0 Å². The summed E-state index contributed by atoms with van der Waals surface area (Å²) < 4.78 is 12.0. The van der Waals surface area contributed by atoms with Crippen molar-refractivity contribution in [3.8, 4) is 11.3 Å². The number of rotatable bonds is 4. The van der Waals surface area contributed by atoms with Gasteiger partial charge in [-0.15, -0.1) is 0 Å². The molecular weight excluding hydrogens is 344 g/mol. The van der Waals surface area contributed by atoms with E-state index in [4.69, 9.17) is 8.83 Å². The maximum absolute atomic E-state index is 11.9. The van der Waals surface area contributed by atoms with E-state index in [1.165, 1.54) is 6.08 Å². The SMILES string of the molecule is Cc1ccc(C(=O)/C=C/c2ccc(-c3ccc(Br)cc3)o2)o1. The molecular formula is C18H13BrO3. The fourth-order valence-electron chi connectivity index (χ4n) is 2.02. The Labute approximate surface area is 136 Å². The molecule has 0 aliphatic rings. The Morgan fingerprint density at radius 1 is 1.00 bits per heavy atom. The first-order valence-corrected chi connectivity index (χ1v) is 7.56. The Bertz CT molecular complexity index is 822. The molecule has 0 amide bonds. The Morgan fingerprint density at radius 2 is 1.77 bits per heavy atom. The molecule has 1 aromatic carbocycles. The van der Waals surface area contributed by atoms with Crippen molar-refractivity contribution in [2.75, 3.05) is 0 Å². The van der Waals surface area contributed by atoms with Crippen molar-refractivity contribution in [3.05, 3.63) is 76.4 Å². The summed E-state index contributed by atoms with van der Waals surface area (Å²) in [5.74, 6) is 2.23. The van der Waals surface area contributed by atoms with Crippen molar-refractivity contribution >= 4 is 27.8 Å². The van der Waals surface area contributed by atoms with Crippen molar-refractivity contribution in [1.82, 2.24) is 0 Å². The summed E-state index contributed by atoms with van der Waals surface area (Å²) in [6.07, 6.45) is 3.09. The van der Waals surface area contributed by atoms with Crippen molar-refractivity contribution in [2.24, 2.45) is 0 Å². The van der Waals surface area contributed by atoms with Crippen LogP contribution in [0.5, 0.6) is 0 Å². The highest BCUT2D eigenvalue weighted by Crippen LogP contribution is 2.24. The second-order valence-electron chi connectivity index (χ2n) is 4.82. The van der Waals surface area contributed by atoms with Crippen LogP contribution in [-0.2, 0) is 0 Å². The van der Waals surface area contributed by atoms with Crippen LogP contribution in [0.25, 0.3) is 17.4 Å². The predicted molar refractivity (Wildman–Crippen MR) is 88.7 cm³/mol. The molecule has 0 bridgehead atoms. The third-order valence-electron chi connectivity index (χ3n) is 3.14. The summed E-state index contributed by atoms with van der Waals surface area (Å²) >= 11 is 3.40. The number of carbonyl (C=O) groups excluding carboxylic acids is 1. The lowest BCUT2D eigenvalue weighted by Gasteiger charge is -1.96. The normalized spacial score (nSPS) is 11.2. The summed E-state index contributed by atoms with van der Waals surface area (Å²) in [4.78, 5) is 11.9. The number of hydrogen-bond acceptors (Lipinski definition) is 3. The number of allylic oxidation sites excluding steroid dienone is 1. The van der Waals surface area contributed by atoms with Gasteiger partial charge >= 0.3 is 0 Å². The van der Waals surface area contributed by atoms with Gasteiger partial charge < -0.3 is 8.83 Å². The fourth-order valence-corrected chi connectivity index (χ4v) is 2.28. The molecule has 0 N–H and O–H groups in total. The van der Waals surface area contributed by atoms with Gasteiger partial charge in [-0.25, -0.2) is 0 Å². The fraction of sp³-hybridized carbons (Fsp3) is 0.0556. The quantitative estimate of drug-likeness (QED) is 0.457.